The van der Waals surface area contributed by atoms with Gasteiger partial charge in [-0.25, -0.2) is 0 Å². The standard InChI is InChI=1S/C28H30N4O4/c1-31-24-20-13-6-7-14-21(20)32(16-22(33)17-9-4-3-5-10-17)28(35)23(24)26(36-2)25(31)27(34)30-19-12-8-11-18(29)15-19/h3-7,9-10,13-14,18-19H,8,11-12,15-16,29H2,1-2H3,(H,30,34). The molecule has 186 valence electrons. The third-order valence-corrected chi connectivity index (χ3v) is 7.13. The van der Waals surface area contributed by atoms with Crippen molar-refractivity contribution in [3.05, 3.63) is 76.2 Å². The van der Waals surface area contributed by atoms with Crippen molar-refractivity contribution in [2.45, 2.75) is 44.3 Å². The van der Waals surface area contributed by atoms with Gasteiger partial charge in [0.15, 0.2) is 17.2 Å². The molecule has 1 aliphatic rings. The number of ether oxygens (including phenoxy) is 1. The van der Waals surface area contributed by atoms with Crippen LogP contribution in [-0.4, -0.2) is 40.0 Å². The van der Waals surface area contributed by atoms with Crippen molar-refractivity contribution in [1.29, 1.82) is 0 Å². The van der Waals surface area contributed by atoms with Gasteiger partial charge in [0.25, 0.3) is 11.5 Å². The molecule has 36 heavy (non-hydrogen) atoms. The lowest BCUT2D eigenvalue weighted by Gasteiger charge is -2.27. The zero-order chi connectivity index (χ0) is 25.4. The van der Waals surface area contributed by atoms with Crippen molar-refractivity contribution < 1.29 is 14.3 Å². The van der Waals surface area contributed by atoms with E-state index in [1.165, 1.54) is 11.7 Å². The number of Topliss-reactive ketones (excluding diaryl/α,β-unsaturated/α-hetero) is 1. The Kier molecular flexibility index (Phi) is 6.36. The molecule has 0 radical (unpaired) electrons. The number of aryl methyl sites for hydroxylation is 1. The quantitative estimate of drug-likeness (QED) is 0.406. The van der Waals surface area contributed by atoms with E-state index in [-0.39, 0.29) is 52.7 Å². The number of hydrogen-bond acceptors (Lipinski definition) is 5. The van der Waals surface area contributed by atoms with E-state index < -0.39 is 0 Å². The molecule has 0 saturated heterocycles. The number of aromatic nitrogens is 2. The highest BCUT2D eigenvalue weighted by Crippen LogP contribution is 2.35. The van der Waals surface area contributed by atoms with E-state index in [4.69, 9.17) is 10.5 Å². The molecule has 0 aliphatic heterocycles. The summed E-state index contributed by atoms with van der Waals surface area (Å²) in [5.41, 5.74) is 7.76. The summed E-state index contributed by atoms with van der Waals surface area (Å²) in [4.78, 5) is 40.4. The number of nitrogens with one attached hydrogen (secondary N) is 1. The summed E-state index contributed by atoms with van der Waals surface area (Å²) in [5.74, 6) is -0.273. The fourth-order valence-corrected chi connectivity index (χ4v) is 5.41. The molecule has 1 saturated carbocycles. The summed E-state index contributed by atoms with van der Waals surface area (Å²) in [7, 11) is 3.22. The highest BCUT2D eigenvalue weighted by molar-refractivity contribution is 6.12. The van der Waals surface area contributed by atoms with Crippen LogP contribution in [0.2, 0.25) is 0 Å². The fourth-order valence-electron chi connectivity index (χ4n) is 5.41. The number of carbonyl (C=O) groups excluding carboxylic acids is 2. The van der Waals surface area contributed by atoms with Gasteiger partial charge in [0.1, 0.15) is 5.39 Å². The van der Waals surface area contributed by atoms with E-state index in [1.54, 1.807) is 35.9 Å². The minimum Gasteiger partial charge on any atom is -0.493 e. The molecule has 2 atom stereocenters. The predicted molar refractivity (Wildman–Crippen MR) is 140 cm³/mol. The lowest BCUT2D eigenvalue weighted by Crippen LogP contribution is -2.42. The van der Waals surface area contributed by atoms with Gasteiger partial charge in [-0.3, -0.25) is 19.0 Å². The number of nitrogens with zero attached hydrogens (tertiary/aromatic N) is 2. The summed E-state index contributed by atoms with van der Waals surface area (Å²) in [6, 6.07) is 16.3. The number of hydrogen-bond donors (Lipinski definition) is 2. The van der Waals surface area contributed by atoms with Crippen molar-refractivity contribution >= 4 is 33.5 Å². The molecule has 2 unspecified atom stereocenters. The van der Waals surface area contributed by atoms with Crippen LogP contribution in [0, 0.1) is 0 Å². The zero-order valence-corrected chi connectivity index (χ0v) is 20.5. The van der Waals surface area contributed by atoms with Crippen LogP contribution in [0.4, 0.5) is 0 Å². The summed E-state index contributed by atoms with van der Waals surface area (Å²) in [6.45, 7) is -0.126. The maximum absolute atomic E-state index is 13.9. The second-order valence-electron chi connectivity index (χ2n) is 9.46. The smallest absolute Gasteiger partial charge is 0.272 e. The first-order chi connectivity index (χ1) is 17.4. The van der Waals surface area contributed by atoms with Crippen LogP contribution in [0.1, 0.15) is 46.5 Å². The number of amides is 1. The van der Waals surface area contributed by atoms with Crippen LogP contribution in [0.25, 0.3) is 21.8 Å². The van der Waals surface area contributed by atoms with Crippen molar-refractivity contribution in [2.75, 3.05) is 7.11 Å². The van der Waals surface area contributed by atoms with Crippen molar-refractivity contribution in [3.63, 3.8) is 0 Å². The predicted octanol–water partition coefficient (Wildman–Crippen LogP) is 3.38. The fraction of sp³-hybridized carbons (Fsp3) is 0.321. The van der Waals surface area contributed by atoms with Crippen LogP contribution in [-0.2, 0) is 13.6 Å². The van der Waals surface area contributed by atoms with Crippen LogP contribution < -0.4 is 21.3 Å². The summed E-state index contributed by atoms with van der Waals surface area (Å²) in [5, 5.41) is 4.13. The molecule has 5 rings (SSSR count). The van der Waals surface area contributed by atoms with Gasteiger partial charge in [0, 0.05) is 30.1 Å². The first-order valence-corrected chi connectivity index (χ1v) is 12.2. The SMILES string of the molecule is COc1c(C(=O)NC2CCCC(N)C2)n(C)c2c1c(=O)n(CC(=O)c1ccccc1)c1ccccc21. The van der Waals surface area contributed by atoms with Gasteiger partial charge in [0.2, 0.25) is 0 Å². The minimum atomic E-state index is -0.376. The third kappa shape index (κ3) is 4.07. The average Bonchev–Trinajstić information content (AvgIpc) is 3.19. The normalized spacial score (nSPS) is 17.9. The number of benzene rings is 2. The number of ketones is 1. The number of methoxy groups -OCH3 is 1. The molecule has 0 spiro atoms. The number of fused-ring (bicyclic) bond motifs is 3. The maximum Gasteiger partial charge on any atom is 0.272 e. The van der Waals surface area contributed by atoms with Crippen LogP contribution >= 0.6 is 0 Å². The molecule has 4 aromatic rings. The summed E-state index contributed by atoms with van der Waals surface area (Å²) in [6.07, 6.45) is 3.50. The first-order valence-electron chi connectivity index (χ1n) is 12.2. The molecule has 8 nitrogen and oxygen atoms in total. The van der Waals surface area contributed by atoms with E-state index in [1.807, 2.05) is 30.3 Å². The lowest BCUT2D eigenvalue weighted by molar-refractivity contribution is 0.0913. The van der Waals surface area contributed by atoms with Gasteiger partial charge in [-0.2, -0.15) is 0 Å². The molecule has 2 aromatic carbocycles. The molecule has 2 heterocycles. The number of para-hydroxylation sites is 1. The van der Waals surface area contributed by atoms with E-state index >= 15 is 0 Å². The number of carbonyl (C=O) groups is 2. The van der Waals surface area contributed by atoms with Gasteiger partial charge in [0.05, 0.1) is 24.7 Å². The Hall–Kier alpha value is -3.91. The van der Waals surface area contributed by atoms with Gasteiger partial charge in [-0.1, -0.05) is 48.5 Å². The molecule has 8 heteroatoms. The Labute approximate surface area is 208 Å². The Balaban J connectivity index is 1.67. The Morgan fingerprint density at radius 2 is 1.81 bits per heavy atom. The molecule has 2 aromatic heterocycles. The van der Waals surface area contributed by atoms with Crippen molar-refractivity contribution in [3.8, 4) is 5.75 Å². The van der Waals surface area contributed by atoms with Gasteiger partial charge >= 0.3 is 0 Å². The third-order valence-electron chi connectivity index (χ3n) is 7.13. The monoisotopic (exact) mass is 486 g/mol. The lowest BCUT2D eigenvalue weighted by atomic mass is 9.91. The summed E-state index contributed by atoms with van der Waals surface area (Å²) < 4.78 is 8.87. The molecule has 3 N–H and O–H groups in total. The summed E-state index contributed by atoms with van der Waals surface area (Å²) >= 11 is 0. The second-order valence-corrected chi connectivity index (χ2v) is 9.46. The molecule has 0 bridgehead atoms. The van der Waals surface area contributed by atoms with Crippen molar-refractivity contribution in [1.82, 2.24) is 14.5 Å². The Morgan fingerprint density at radius 3 is 2.53 bits per heavy atom. The Bertz CT molecular complexity index is 1520. The van der Waals surface area contributed by atoms with Gasteiger partial charge in [-0.05, 0) is 31.7 Å². The first kappa shape index (κ1) is 23.8. The topological polar surface area (TPSA) is 108 Å². The number of rotatable bonds is 6. The van der Waals surface area contributed by atoms with Crippen LogP contribution in [0.3, 0.4) is 0 Å². The largest absolute Gasteiger partial charge is 0.493 e. The van der Waals surface area contributed by atoms with Crippen LogP contribution in [0.15, 0.2) is 59.4 Å². The minimum absolute atomic E-state index is 0.0270. The van der Waals surface area contributed by atoms with Gasteiger partial charge in [-0.15, -0.1) is 0 Å². The van der Waals surface area contributed by atoms with Crippen molar-refractivity contribution in [2.24, 2.45) is 12.8 Å². The Morgan fingerprint density at radius 1 is 1.08 bits per heavy atom. The van der Waals surface area contributed by atoms with E-state index in [0.29, 0.717) is 16.6 Å². The molecular formula is C28H30N4O4. The van der Waals surface area contributed by atoms with E-state index in [0.717, 1.165) is 31.1 Å². The number of nitrogens with two attached hydrogens (primary N) is 1. The number of pyridine rings is 1. The molecule has 1 aliphatic carbocycles. The molecular weight excluding hydrogens is 456 g/mol. The van der Waals surface area contributed by atoms with Crippen LogP contribution in [0.5, 0.6) is 5.75 Å². The second kappa shape index (κ2) is 9.62. The molecule has 1 fully saturated rings. The molecule has 1 amide bonds. The van der Waals surface area contributed by atoms with E-state index in [9.17, 15) is 14.4 Å². The average molecular weight is 487 g/mol. The zero-order valence-electron chi connectivity index (χ0n) is 20.5. The van der Waals surface area contributed by atoms with Gasteiger partial charge < -0.3 is 20.4 Å². The maximum atomic E-state index is 13.9. The highest BCUT2D eigenvalue weighted by Gasteiger charge is 2.29. The highest BCUT2D eigenvalue weighted by atomic mass is 16.5. The van der Waals surface area contributed by atoms with E-state index in [2.05, 4.69) is 5.32 Å².